The molecule has 0 amide bonds. The van der Waals surface area contributed by atoms with Gasteiger partial charge in [0, 0.05) is 0 Å². The topological polar surface area (TPSA) is 20.2 Å². The van der Waals surface area contributed by atoms with Gasteiger partial charge in [0.1, 0.15) is 0 Å². The zero-order chi connectivity index (χ0) is 9.28. The number of hydrogen-bond acceptors (Lipinski definition) is 1. The van der Waals surface area contributed by atoms with Gasteiger partial charge in [-0.05, 0) is 5.41 Å². The van der Waals surface area contributed by atoms with Crippen molar-refractivity contribution in [3.05, 3.63) is 0 Å². The summed E-state index contributed by atoms with van der Waals surface area (Å²) in [4.78, 5) is 0. The van der Waals surface area contributed by atoms with Crippen molar-refractivity contribution in [3.8, 4) is 0 Å². The normalized spacial score (nSPS) is 16.6. The molecule has 68 valence electrons. The molecule has 0 fully saturated rings. The van der Waals surface area contributed by atoms with E-state index in [-0.39, 0.29) is 0 Å². The number of rotatable bonds is 1. The van der Waals surface area contributed by atoms with Crippen molar-refractivity contribution in [1.82, 2.24) is 0 Å². The van der Waals surface area contributed by atoms with Crippen molar-refractivity contribution in [2.45, 2.75) is 39.5 Å². The van der Waals surface area contributed by atoms with Gasteiger partial charge in [0.15, 0.2) is 0 Å². The number of aliphatic hydroxyl groups is 1. The van der Waals surface area contributed by atoms with E-state index in [0.717, 1.165) is 0 Å². The smallest absolute Gasteiger partial charge is 0.391 e. The van der Waals surface area contributed by atoms with Gasteiger partial charge in [0.05, 0.1) is 12.5 Å². The van der Waals surface area contributed by atoms with Crippen LogP contribution in [0.15, 0.2) is 0 Å². The summed E-state index contributed by atoms with van der Waals surface area (Å²) in [5.41, 5.74) is -0.699. The minimum atomic E-state index is -4.27. The fourth-order valence-electron chi connectivity index (χ4n) is 0.525. The Hall–Kier alpha value is -0.250. The van der Waals surface area contributed by atoms with Gasteiger partial charge in [-0.3, -0.25) is 0 Å². The Labute approximate surface area is 64.2 Å². The molecule has 0 heterocycles. The predicted octanol–water partition coefficient (Wildman–Crippen LogP) is 2.35. The highest BCUT2D eigenvalue weighted by Crippen LogP contribution is 2.30. The van der Waals surface area contributed by atoms with Crippen LogP contribution in [-0.2, 0) is 0 Å². The van der Waals surface area contributed by atoms with Crippen molar-refractivity contribution in [2.75, 3.05) is 0 Å². The molecule has 1 N–H and O–H groups in total. The standard InChI is InChI=1S/C7H13F3O/c1-6(2,3)5(11)4-7(8,9)10/h5,11H,4H2,1-3H3/t5-/m1/s1. The molecule has 0 unspecified atom stereocenters. The second-order valence-electron chi connectivity index (χ2n) is 3.70. The van der Waals surface area contributed by atoms with E-state index in [1.807, 2.05) is 0 Å². The predicted molar refractivity (Wildman–Crippen MR) is 36.1 cm³/mol. The molecule has 4 heteroatoms. The van der Waals surface area contributed by atoms with E-state index in [2.05, 4.69) is 0 Å². The summed E-state index contributed by atoms with van der Waals surface area (Å²) in [6, 6.07) is 0. The van der Waals surface area contributed by atoms with Crippen LogP contribution in [0.5, 0.6) is 0 Å². The summed E-state index contributed by atoms with van der Waals surface area (Å²) in [6.45, 7) is 4.72. The second-order valence-corrected chi connectivity index (χ2v) is 3.70. The highest BCUT2D eigenvalue weighted by molar-refractivity contribution is 4.74. The monoisotopic (exact) mass is 170 g/mol. The molecule has 0 aromatic carbocycles. The lowest BCUT2D eigenvalue weighted by Gasteiger charge is -2.26. The van der Waals surface area contributed by atoms with Crippen LogP contribution < -0.4 is 0 Å². The first-order valence-corrected chi connectivity index (χ1v) is 3.38. The molecule has 0 aliphatic heterocycles. The molecule has 0 radical (unpaired) electrons. The summed E-state index contributed by atoms with van der Waals surface area (Å²) in [5.74, 6) is 0. The van der Waals surface area contributed by atoms with Gasteiger partial charge in [-0.1, -0.05) is 20.8 Å². The van der Waals surface area contributed by atoms with Crippen molar-refractivity contribution in [1.29, 1.82) is 0 Å². The Morgan fingerprint density at radius 3 is 1.64 bits per heavy atom. The van der Waals surface area contributed by atoms with Crippen LogP contribution in [0.25, 0.3) is 0 Å². The maximum atomic E-state index is 11.7. The lowest BCUT2D eigenvalue weighted by Crippen LogP contribution is -2.31. The molecule has 11 heavy (non-hydrogen) atoms. The minimum absolute atomic E-state index is 0.699. The first-order valence-electron chi connectivity index (χ1n) is 3.38. The Morgan fingerprint density at radius 1 is 1.18 bits per heavy atom. The van der Waals surface area contributed by atoms with Crippen molar-refractivity contribution >= 4 is 0 Å². The van der Waals surface area contributed by atoms with Crippen LogP contribution in [0.1, 0.15) is 27.2 Å². The molecule has 1 nitrogen and oxygen atoms in total. The third kappa shape index (κ3) is 5.07. The van der Waals surface area contributed by atoms with Crippen LogP contribution in [-0.4, -0.2) is 17.4 Å². The Balaban J connectivity index is 3.99. The quantitative estimate of drug-likeness (QED) is 0.640. The van der Waals surface area contributed by atoms with Crippen LogP contribution >= 0.6 is 0 Å². The van der Waals surface area contributed by atoms with E-state index in [1.165, 1.54) is 0 Å². The van der Waals surface area contributed by atoms with Gasteiger partial charge in [-0.15, -0.1) is 0 Å². The zero-order valence-corrected chi connectivity index (χ0v) is 6.87. The largest absolute Gasteiger partial charge is 0.392 e. The number of halogens is 3. The highest BCUT2D eigenvalue weighted by atomic mass is 19.4. The summed E-state index contributed by atoms with van der Waals surface area (Å²) >= 11 is 0. The number of aliphatic hydroxyl groups excluding tert-OH is 1. The molecule has 0 aliphatic rings. The molecule has 0 aromatic heterocycles. The molecule has 0 rings (SSSR count). The van der Waals surface area contributed by atoms with Crippen molar-refractivity contribution in [3.63, 3.8) is 0 Å². The second kappa shape index (κ2) is 3.01. The van der Waals surface area contributed by atoms with E-state index in [4.69, 9.17) is 5.11 Å². The first-order chi connectivity index (χ1) is 4.63. The van der Waals surface area contributed by atoms with Crippen molar-refractivity contribution in [2.24, 2.45) is 5.41 Å². The van der Waals surface area contributed by atoms with Gasteiger partial charge in [0.25, 0.3) is 0 Å². The van der Waals surface area contributed by atoms with E-state index in [1.54, 1.807) is 20.8 Å². The number of alkyl halides is 3. The summed E-state index contributed by atoms with van der Waals surface area (Å²) in [5, 5.41) is 9.00. The Bertz CT molecular complexity index is 123. The molecular formula is C7H13F3O. The lowest BCUT2D eigenvalue weighted by atomic mass is 9.87. The van der Waals surface area contributed by atoms with Crippen LogP contribution in [0.3, 0.4) is 0 Å². The lowest BCUT2D eigenvalue weighted by molar-refractivity contribution is -0.164. The molecule has 1 atom stereocenters. The average Bonchev–Trinajstić information content (AvgIpc) is 1.56. The first kappa shape index (κ1) is 10.8. The molecule has 0 saturated carbocycles. The molecule has 0 spiro atoms. The van der Waals surface area contributed by atoms with E-state index in [0.29, 0.717) is 0 Å². The minimum Gasteiger partial charge on any atom is -0.392 e. The van der Waals surface area contributed by atoms with Gasteiger partial charge in [-0.2, -0.15) is 13.2 Å². The molecule has 0 saturated heterocycles. The Kier molecular flexibility index (Phi) is 2.94. The zero-order valence-electron chi connectivity index (χ0n) is 6.87. The third-order valence-electron chi connectivity index (χ3n) is 1.42. The van der Waals surface area contributed by atoms with Crippen LogP contribution in [0, 0.1) is 5.41 Å². The van der Waals surface area contributed by atoms with Gasteiger partial charge < -0.3 is 5.11 Å². The summed E-state index contributed by atoms with van der Waals surface area (Å²) in [7, 11) is 0. The van der Waals surface area contributed by atoms with Crippen LogP contribution in [0.2, 0.25) is 0 Å². The van der Waals surface area contributed by atoms with Gasteiger partial charge in [-0.25, -0.2) is 0 Å². The van der Waals surface area contributed by atoms with Gasteiger partial charge in [0.2, 0.25) is 0 Å². The molecule has 0 bridgehead atoms. The fourth-order valence-corrected chi connectivity index (χ4v) is 0.525. The molecule has 0 aromatic rings. The summed E-state index contributed by atoms with van der Waals surface area (Å²) < 4.78 is 35.0. The Morgan fingerprint density at radius 2 is 1.55 bits per heavy atom. The molecular weight excluding hydrogens is 157 g/mol. The van der Waals surface area contributed by atoms with E-state index < -0.39 is 24.1 Å². The fraction of sp³-hybridized carbons (Fsp3) is 1.00. The molecule has 0 aliphatic carbocycles. The SMILES string of the molecule is CC(C)(C)[C@H](O)CC(F)(F)F. The average molecular weight is 170 g/mol. The summed E-state index contributed by atoms with van der Waals surface area (Å²) in [6.07, 6.45) is -6.72. The maximum Gasteiger partial charge on any atom is 0.391 e. The van der Waals surface area contributed by atoms with E-state index >= 15 is 0 Å². The van der Waals surface area contributed by atoms with Crippen molar-refractivity contribution < 1.29 is 18.3 Å². The third-order valence-corrected chi connectivity index (χ3v) is 1.42. The number of hydrogen-bond donors (Lipinski definition) is 1. The maximum absolute atomic E-state index is 11.7. The van der Waals surface area contributed by atoms with Crippen LogP contribution in [0.4, 0.5) is 13.2 Å². The van der Waals surface area contributed by atoms with E-state index in [9.17, 15) is 13.2 Å². The van der Waals surface area contributed by atoms with Gasteiger partial charge >= 0.3 is 6.18 Å². The highest BCUT2D eigenvalue weighted by Gasteiger charge is 2.36.